The number of nitrogens with zero attached hydrogens (tertiary/aromatic N) is 1. The van der Waals surface area contributed by atoms with Crippen molar-refractivity contribution in [3.05, 3.63) is 33.9 Å². The summed E-state index contributed by atoms with van der Waals surface area (Å²) in [6.07, 6.45) is 3.47. The molecule has 0 radical (unpaired) electrons. The third kappa shape index (κ3) is 2.63. The summed E-state index contributed by atoms with van der Waals surface area (Å²) in [4.78, 5) is 22.8. The van der Waals surface area contributed by atoms with Crippen LogP contribution in [0.4, 0.5) is 11.4 Å². The third-order valence-electron chi connectivity index (χ3n) is 4.72. The molecule has 3 rings (SSSR count). The minimum Gasteiger partial charge on any atom is -0.324 e. The summed E-state index contributed by atoms with van der Waals surface area (Å²) in [6, 6.07) is 4.37. The number of hydrogen-bond donors (Lipinski definition) is 2. The fourth-order valence-electron chi connectivity index (χ4n) is 3.54. The van der Waals surface area contributed by atoms with Crippen LogP contribution in [0.3, 0.4) is 0 Å². The normalized spacial score (nSPS) is 27.4. The number of carbonyl (C=O) groups is 1. The van der Waals surface area contributed by atoms with Gasteiger partial charge in [0, 0.05) is 12.1 Å². The highest BCUT2D eigenvalue weighted by atomic mass is 16.6. The van der Waals surface area contributed by atoms with E-state index in [2.05, 4.69) is 10.6 Å². The number of fused-ring (bicyclic) bond motifs is 1. The summed E-state index contributed by atoms with van der Waals surface area (Å²) in [5, 5.41) is 17.0. The van der Waals surface area contributed by atoms with Crippen molar-refractivity contribution in [3.63, 3.8) is 0 Å². The first-order chi connectivity index (χ1) is 10.1. The summed E-state index contributed by atoms with van der Waals surface area (Å²) >= 11 is 0. The molecule has 2 aliphatic rings. The monoisotopic (exact) mass is 289 g/mol. The van der Waals surface area contributed by atoms with Gasteiger partial charge in [-0.1, -0.05) is 12.5 Å². The van der Waals surface area contributed by atoms with E-state index in [1.165, 1.54) is 25.0 Å². The molecule has 1 aromatic rings. The number of aryl methyl sites for hydroxylation is 1. The van der Waals surface area contributed by atoms with Gasteiger partial charge in [-0.2, -0.15) is 0 Å². The average Bonchev–Trinajstić information content (AvgIpc) is 3.03. The highest BCUT2D eigenvalue weighted by Crippen LogP contribution is 2.38. The minimum atomic E-state index is -0.448. The Hall–Kier alpha value is -1.95. The Morgan fingerprint density at radius 2 is 2.24 bits per heavy atom. The maximum absolute atomic E-state index is 12.4. The quantitative estimate of drug-likeness (QED) is 0.660. The van der Waals surface area contributed by atoms with E-state index < -0.39 is 4.92 Å². The van der Waals surface area contributed by atoms with Crippen LogP contribution in [0.25, 0.3) is 0 Å². The van der Waals surface area contributed by atoms with Gasteiger partial charge in [-0.25, -0.2) is 0 Å². The Morgan fingerprint density at radius 1 is 1.43 bits per heavy atom. The van der Waals surface area contributed by atoms with Gasteiger partial charge in [0.2, 0.25) is 5.91 Å². The van der Waals surface area contributed by atoms with E-state index in [1.54, 1.807) is 6.07 Å². The Kier molecular flexibility index (Phi) is 3.63. The van der Waals surface area contributed by atoms with Gasteiger partial charge in [-0.15, -0.1) is 0 Å². The second kappa shape index (κ2) is 5.44. The van der Waals surface area contributed by atoms with Gasteiger partial charge in [-0.05, 0) is 43.7 Å². The molecule has 2 N–H and O–H groups in total. The van der Waals surface area contributed by atoms with Gasteiger partial charge >= 0.3 is 0 Å². The number of carbonyl (C=O) groups excluding carboxylic acids is 1. The molecule has 2 fully saturated rings. The standard InChI is InChI=1S/C15H19N3O3/c1-9-5-6-11(18(20)21)7-13(9)17-15(19)14-12-4-2-3-10(12)8-16-14/h5-7,10,12,14,16H,2-4,8H2,1H3,(H,17,19). The molecule has 6 nitrogen and oxygen atoms in total. The topological polar surface area (TPSA) is 84.3 Å². The van der Waals surface area contributed by atoms with Crippen molar-refractivity contribution in [2.45, 2.75) is 32.2 Å². The molecule has 6 heteroatoms. The highest BCUT2D eigenvalue weighted by molar-refractivity contribution is 5.96. The number of rotatable bonds is 3. The summed E-state index contributed by atoms with van der Waals surface area (Å²) < 4.78 is 0. The van der Waals surface area contributed by atoms with E-state index >= 15 is 0 Å². The lowest BCUT2D eigenvalue weighted by atomic mass is 9.93. The van der Waals surface area contributed by atoms with Crippen LogP contribution in [0.1, 0.15) is 24.8 Å². The molecule has 3 unspecified atom stereocenters. The average molecular weight is 289 g/mol. The van der Waals surface area contributed by atoms with E-state index in [9.17, 15) is 14.9 Å². The van der Waals surface area contributed by atoms with E-state index in [1.807, 2.05) is 6.92 Å². The lowest BCUT2D eigenvalue weighted by molar-refractivity contribution is -0.384. The van der Waals surface area contributed by atoms with Gasteiger partial charge in [0.05, 0.1) is 16.7 Å². The summed E-state index contributed by atoms with van der Waals surface area (Å²) in [6.45, 7) is 2.73. The zero-order valence-corrected chi connectivity index (χ0v) is 12.0. The second-order valence-electron chi connectivity index (χ2n) is 5.99. The first-order valence-electron chi connectivity index (χ1n) is 7.35. The van der Waals surface area contributed by atoms with Crippen LogP contribution < -0.4 is 10.6 Å². The molecule has 0 aromatic heterocycles. The van der Waals surface area contributed by atoms with Gasteiger partial charge < -0.3 is 10.6 Å². The Morgan fingerprint density at radius 3 is 3.00 bits per heavy atom. The van der Waals surface area contributed by atoms with Crippen molar-refractivity contribution in [2.75, 3.05) is 11.9 Å². The SMILES string of the molecule is Cc1ccc([N+](=O)[O-])cc1NC(=O)C1NCC2CCCC21. The summed E-state index contributed by atoms with van der Waals surface area (Å²) in [5.74, 6) is 0.934. The largest absolute Gasteiger partial charge is 0.324 e. The lowest BCUT2D eigenvalue weighted by Gasteiger charge is -2.18. The Balaban J connectivity index is 1.75. The first-order valence-corrected chi connectivity index (χ1v) is 7.35. The number of non-ortho nitro benzene ring substituents is 1. The van der Waals surface area contributed by atoms with E-state index in [-0.39, 0.29) is 17.6 Å². The molecule has 1 aliphatic heterocycles. The summed E-state index contributed by atoms with van der Waals surface area (Å²) in [5.41, 5.74) is 1.35. The van der Waals surface area contributed by atoms with Crippen LogP contribution in [-0.4, -0.2) is 23.4 Å². The van der Waals surface area contributed by atoms with Gasteiger partial charge in [0.1, 0.15) is 0 Å². The van der Waals surface area contributed by atoms with Crippen molar-refractivity contribution in [1.82, 2.24) is 5.32 Å². The smallest absolute Gasteiger partial charge is 0.271 e. The van der Waals surface area contributed by atoms with Gasteiger partial charge in [0.25, 0.3) is 5.69 Å². The van der Waals surface area contributed by atoms with Crippen LogP contribution in [0.15, 0.2) is 18.2 Å². The maximum atomic E-state index is 12.4. The first kappa shape index (κ1) is 14.0. The summed E-state index contributed by atoms with van der Waals surface area (Å²) in [7, 11) is 0. The van der Waals surface area contributed by atoms with E-state index in [4.69, 9.17) is 0 Å². The predicted molar refractivity (Wildman–Crippen MR) is 79.1 cm³/mol. The van der Waals surface area contributed by atoms with E-state index in [0.717, 1.165) is 18.5 Å². The van der Waals surface area contributed by atoms with Crippen LogP contribution in [0.2, 0.25) is 0 Å². The number of nitro groups is 1. The Labute approximate surface area is 123 Å². The van der Waals surface area contributed by atoms with Crippen LogP contribution >= 0.6 is 0 Å². The lowest BCUT2D eigenvalue weighted by Crippen LogP contribution is -2.39. The molecule has 0 bridgehead atoms. The molecule has 1 aliphatic carbocycles. The fraction of sp³-hybridized carbons (Fsp3) is 0.533. The van der Waals surface area contributed by atoms with Crippen LogP contribution in [0, 0.1) is 28.9 Å². The van der Waals surface area contributed by atoms with Crippen molar-refractivity contribution >= 4 is 17.3 Å². The Bertz CT molecular complexity index is 588. The number of amides is 1. The van der Waals surface area contributed by atoms with Crippen LogP contribution in [0.5, 0.6) is 0 Å². The molecule has 21 heavy (non-hydrogen) atoms. The molecule has 1 heterocycles. The van der Waals surface area contributed by atoms with Crippen molar-refractivity contribution in [2.24, 2.45) is 11.8 Å². The number of nitro benzene ring substituents is 1. The molecular formula is C15H19N3O3. The van der Waals surface area contributed by atoms with Gasteiger partial charge in [-0.3, -0.25) is 14.9 Å². The molecular weight excluding hydrogens is 270 g/mol. The predicted octanol–water partition coefficient (Wildman–Crippen LogP) is 2.23. The number of anilines is 1. The zero-order chi connectivity index (χ0) is 15.0. The number of nitrogens with one attached hydrogen (secondary N) is 2. The zero-order valence-electron chi connectivity index (χ0n) is 12.0. The minimum absolute atomic E-state index is 0.00553. The van der Waals surface area contributed by atoms with Crippen molar-refractivity contribution in [1.29, 1.82) is 0 Å². The maximum Gasteiger partial charge on any atom is 0.271 e. The molecule has 1 aromatic carbocycles. The molecule has 0 spiro atoms. The highest BCUT2D eigenvalue weighted by Gasteiger charge is 2.42. The van der Waals surface area contributed by atoms with Crippen molar-refractivity contribution < 1.29 is 9.72 Å². The molecule has 112 valence electrons. The molecule has 1 amide bonds. The second-order valence-corrected chi connectivity index (χ2v) is 5.99. The molecule has 1 saturated carbocycles. The van der Waals surface area contributed by atoms with Crippen LogP contribution in [-0.2, 0) is 4.79 Å². The third-order valence-corrected chi connectivity index (χ3v) is 4.72. The van der Waals surface area contributed by atoms with Gasteiger partial charge in [0.15, 0.2) is 0 Å². The number of hydrogen-bond acceptors (Lipinski definition) is 4. The number of benzene rings is 1. The fourth-order valence-corrected chi connectivity index (χ4v) is 3.54. The molecule has 1 saturated heterocycles. The van der Waals surface area contributed by atoms with E-state index in [0.29, 0.717) is 17.5 Å². The molecule has 3 atom stereocenters. The van der Waals surface area contributed by atoms with Crippen molar-refractivity contribution in [3.8, 4) is 0 Å².